The number of benzene rings is 2. The Morgan fingerprint density at radius 3 is 2.37 bits per heavy atom. The van der Waals surface area contributed by atoms with Gasteiger partial charge in [0, 0.05) is 5.69 Å². The van der Waals surface area contributed by atoms with Gasteiger partial charge in [0.1, 0.15) is 5.75 Å². The second-order valence-electron chi connectivity index (χ2n) is 6.44. The molecular weight excluding hydrogens is 399 g/mol. The van der Waals surface area contributed by atoms with E-state index in [1.807, 2.05) is 13.0 Å². The van der Waals surface area contributed by atoms with Gasteiger partial charge < -0.3 is 19.4 Å². The topological polar surface area (TPSA) is 65.4 Å². The SMILES string of the molecule is CCc1cc(OC)ccc1Nc1nc(=O)c(OC)cn1Cc1cc(F)c(F)c(F)c1. The number of anilines is 2. The van der Waals surface area contributed by atoms with E-state index in [0.29, 0.717) is 17.9 Å². The molecular formula is C21H20F3N3O3. The van der Waals surface area contributed by atoms with Gasteiger partial charge in [-0.15, -0.1) is 0 Å². The Morgan fingerprint density at radius 2 is 1.77 bits per heavy atom. The fraction of sp³-hybridized carbons (Fsp3) is 0.238. The normalized spacial score (nSPS) is 10.7. The number of hydrogen-bond acceptors (Lipinski definition) is 5. The Balaban J connectivity index is 2.05. The summed E-state index contributed by atoms with van der Waals surface area (Å²) in [4.78, 5) is 16.2. The molecule has 3 rings (SSSR count). The minimum Gasteiger partial charge on any atom is -0.497 e. The van der Waals surface area contributed by atoms with Crippen molar-refractivity contribution in [1.82, 2.24) is 9.55 Å². The van der Waals surface area contributed by atoms with Gasteiger partial charge in [-0.2, -0.15) is 4.98 Å². The van der Waals surface area contributed by atoms with E-state index in [2.05, 4.69) is 10.3 Å². The Labute approximate surface area is 170 Å². The van der Waals surface area contributed by atoms with Crippen molar-refractivity contribution >= 4 is 11.6 Å². The molecule has 0 spiro atoms. The zero-order valence-electron chi connectivity index (χ0n) is 16.6. The first-order chi connectivity index (χ1) is 14.4. The minimum atomic E-state index is -1.54. The number of rotatable bonds is 7. The number of halogens is 3. The number of nitrogens with one attached hydrogen (secondary N) is 1. The lowest BCUT2D eigenvalue weighted by atomic mass is 10.1. The highest BCUT2D eigenvalue weighted by molar-refractivity contribution is 5.61. The van der Waals surface area contributed by atoms with Crippen LogP contribution in [0.15, 0.2) is 41.3 Å². The summed E-state index contributed by atoms with van der Waals surface area (Å²) in [6.07, 6.45) is 2.04. The van der Waals surface area contributed by atoms with Crippen molar-refractivity contribution in [2.45, 2.75) is 19.9 Å². The van der Waals surface area contributed by atoms with Crippen LogP contribution in [0.2, 0.25) is 0 Å². The van der Waals surface area contributed by atoms with Crippen molar-refractivity contribution in [1.29, 1.82) is 0 Å². The first-order valence-electron chi connectivity index (χ1n) is 9.09. The standard InChI is InChI=1S/C21H20F3N3O3/c1-4-13-9-14(29-2)5-6-17(13)25-21-26-20(28)18(30-3)11-27(21)10-12-7-15(22)19(24)16(23)8-12/h5-9,11H,4,10H2,1-3H3,(H,25,26,28). The largest absolute Gasteiger partial charge is 0.497 e. The Hall–Kier alpha value is -3.49. The fourth-order valence-corrected chi connectivity index (χ4v) is 2.96. The van der Waals surface area contributed by atoms with Crippen molar-refractivity contribution in [2.24, 2.45) is 0 Å². The third kappa shape index (κ3) is 4.40. The van der Waals surface area contributed by atoms with E-state index >= 15 is 0 Å². The molecule has 3 aromatic rings. The number of hydrogen-bond donors (Lipinski definition) is 1. The molecule has 0 unspecified atom stereocenters. The summed E-state index contributed by atoms with van der Waals surface area (Å²) < 4.78 is 52.2. The monoisotopic (exact) mass is 419 g/mol. The predicted molar refractivity (Wildman–Crippen MR) is 106 cm³/mol. The lowest BCUT2D eigenvalue weighted by Crippen LogP contribution is -2.19. The van der Waals surface area contributed by atoms with Gasteiger partial charge in [-0.25, -0.2) is 13.2 Å². The highest BCUT2D eigenvalue weighted by Crippen LogP contribution is 2.26. The summed E-state index contributed by atoms with van der Waals surface area (Å²) in [7, 11) is 2.87. The van der Waals surface area contributed by atoms with E-state index in [1.54, 1.807) is 19.2 Å². The highest BCUT2D eigenvalue weighted by atomic mass is 19.2. The van der Waals surface area contributed by atoms with Gasteiger partial charge >= 0.3 is 5.56 Å². The molecule has 1 N–H and O–H groups in total. The maximum atomic E-state index is 13.6. The molecule has 0 atom stereocenters. The maximum absolute atomic E-state index is 13.6. The molecule has 1 aromatic heterocycles. The molecule has 0 aliphatic carbocycles. The molecule has 0 bridgehead atoms. The Morgan fingerprint density at radius 1 is 1.07 bits per heavy atom. The van der Waals surface area contributed by atoms with Crippen LogP contribution in [-0.2, 0) is 13.0 Å². The van der Waals surface area contributed by atoms with Gasteiger partial charge in [-0.1, -0.05) is 6.92 Å². The van der Waals surface area contributed by atoms with Gasteiger partial charge in [0.15, 0.2) is 17.5 Å². The van der Waals surface area contributed by atoms with E-state index < -0.39 is 23.0 Å². The molecule has 0 aliphatic rings. The van der Waals surface area contributed by atoms with Crippen LogP contribution in [0, 0.1) is 17.5 Å². The molecule has 30 heavy (non-hydrogen) atoms. The highest BCUT2D eigenvalue weighted by Gasteiger charge is 2.15. The van der Waals surface area contributed by atoms with Gasteiger partial charge in [-0.3, -0.25) is 4.79 Å². The van der Waals surface area contributed by atoms with Gasteiger partial charge in [-0.05, 0) is 47.9 Å². The first-order valence-corrected chi connectivity index (χ1v) is 9.09. The molecule has 9 heteroatoms. The van der Waals surface area contributed by atoms with Crippen LogP contribution in [0.3, 0.4) is 0 Å². The number of aromatic nitrogens is 2. The summed E-state index contributed by atoms with van der Waals surface area (Å²) in [6.45, 7) is 1.87. The summed E-state index contributed by atoms with van der Waals surface area (Å²) in [5.41, 5.74) is 1.12. The predicted octanol–water partition coefficient (Wildman–Crippen LogP) is 4.03. The third-order valence-electron chi connectivity index (χ3n) is 4.52. The molecule has 0 radical (unpaired) electrons. The number of methoxy groups -OCH3 is 2. The van der Waals surface area contributed by atoms with Crippen molar-refractivity contribution in [3.05, 3.63) is 75.5 Å². The number of ether oxygens (including phenoxy) is 2. The zero-order valence-corrected chi connectivity index (χ0v) is 16.6. The van der Waals surface area contributed by atoms with Crippen molar-refractivity contribution in [3.8, 4) is 11.5 Å². The first kappa shape index (κ1) is 21.2. The van der Waals surface area contributed by atoms with E-state index in [0.717, 1.165) is 17.7 Å². The molecule has 0 aliphatic heterocycles. The Kier molecular flexibility index (Phi) is 6.29. The van der Waals surface area contributed by atoms with Crippen molar-refractivity contribution in [2.75, 3.05) is 19.5 Å². The van der Waals surface area contributed by atoms with Gasteiger partial charge in [0.05, 0.1) is 27.0 Å². The molecule has 0 saturated carbocycles. The van der Waals surface area contributed by atoms with Crippen LogP contribution in [-0.4, -0.2) is 23.8 Å². The van der Waals surface area contributed by atoms with Crippen LogP contribution in [0.4, 0.5) is 24.8 Å². The summed E-state index contributed by atoms with van der Waals surface area (Å²) in [5.74, 6) is -3.39. The maximum Gasteiger partial charge on any atom is 0.316 e. The fourth-order valence-electron chi connectivity index (χ4n) is 2.96. The van der Waals surface area contributed by atoms with Crippen LogP contribution in [0.5, 0.6) is 11.5 Å². The number of aryl methyl sites for hydroxylation is 1. The summed E-state index contributed by atoms with van der Waals surface area (Å²) in [6, 6.07) is 7.14. The average molecular weight is 419 g/mol. The smallest absolute Gasteiger partial charge is 0.316 e. The second kappa shape index (κ2) is 8.89. The molecule has 158 valence electrons. The molecule has 0 saturated heterocycles. The Bertz CT molecular complexity index is 1110. The summed E-state index contributed by atoms with van der Waals surface area (Å²) in [5, 5.41) is 3.08. The molecule has 2 aromatic carbocycles. The van der Waals surface area contributed by atoms with Gasteiger partial charge in [0.2, 0.25) is 11.7 Å². The molecule has 0 amide bonds. The van der Waals surface area contributed by atoms with E-state index in [4.69, 9.17) is 9.47 Å². The van der Waals surface area contributed by atoms with Crippen LogP contribution >= 0.6 is 0 Å². The van der Waals surface area contributed by atoms with Crippen LogP contribution in [0.25, 0.3) is 0 Å². The second-order valence-corrected chi connectivity index (χ2v) is 6.44. The number of nitrogens with zero attached hydrogens (tertiary/aromatic N) is 2. The van der Waals surface area contributed by atoms with Crippen LogP contribution in [0.1, 0.15) is 18.1 Å². The van der Waals surface area contributed by atoms with E-state index in [-0.39, 0.29) is 23.8 Å². The average Bonchev–Trinajstić information content (AvgIpc) is 2.73. The van der Waals surface area contributed by atoms with E-state index in [1.165, 1.54) is 17.9 Å². The van der Waals surface area contributed by atoms with Gasteiger partial charge in [0.25, 0.3) is 0 Å². The molecule has 1 heterocycles. The van der Waals surface area contributed by atoms with Crippen molar-refractivity contribution < 1.29 is 22.6 Å². The van der Waals surface area contributed by atoms with Crippen molar-refractivity contribution in [3.63, 3.8) is 0 Å². The van der Waals surface area contributed by atoms with Crippen LogP contribution < -0.4 is 20.3 Å². The lowest BCUT2D eigenvalue weighted by Gasteiger charge is -2.17. The third-order valence-corrected chi connectivity index (χ3v) is 4.52. The lowest BCUT2D eigenvalue weighted by molar-refractivity contribution is 0.402. The van der Waals surface area contributed by atoms with E-state index in [9.17, 15) is 18.0 Å². The summed E-state index contributed by atoms with van der Waals surface area (Å²) >= 11 is 0. The quantitative estimate of drug-likeness (QED) is 0.586. The molecule has 6 nitrogen and oxygen atoms in total. The minimum absolute atomic E-state index is 0.0472. The molecule has 0 fully saturated rings. The zero-order chi connectivity index (χ0) is 21.8.